The molecule has 0 fully saturated rings. The number of nitrogens with two attached hydrogens (primary N) is 1. The number of nitrogen functional groups attached to an aromatic ring is 1. The van der Waals surface area contributed by atoms with Crippen LogP contribution in [0.3, 0.4) is 0 Å². The number of nitrogens with one attached hydrogen (secondary N) is 1. The van der Waals surface area contributed by atoms with Gasteiger partial charge in [0.15, 0.2) is 0 Å². The van der Waals surface area contributed by atoms with E-state index in [0.717, 1.165) is 13.0 Å². The molecule has 0 saturated heterocycles. The number of hydrogen-bond acceptors (Lipinski definition) is 4. The molecule has 0 aliphatic rings. The second kappa shape index (κ2) is 6.10. The summed E-state index contributed by atoms with van der Waals surface area (Å²) in [5.41, 5.74) is 6.15. The van der Waals surface area contributed by atoms with E-state index in [1.807, 2.05) is 14.1 Å². The minimum atomic E-state index is -0.195. The largest absolute Gasteiger partial charge is 0.506 e. The van der Waals surface area contributed by atoms with E-state index in [1.165, 1.54) is 12.1 Å². The van der Waals surface area contributed by atoms with Gasteiger partial charge < -0.3 is 21.1 Å². The van der Waals surface area contributed by atoms with Crippen LogP contribution in [-0.2, 0) is 0 Å². The lowest BCUT2D eigenvalue weighted by molar-refractivity contribution is 0.0952. The van der Waals surface area contributed by atoms with E-state index in [1.54, 1.807) is 6.07 Å². The highest BCUT2D eigenvalue weighted by Crippen LogP contribution is 2.20. The highest BCUT2D eigenvalue weighted by molar-refractivity contribution is 5.95. The highest BCUT2D eigenvalue weighted by atomic mass is 16.3. The number of aromatic hydroxyl groups is 1. The molecule has 1 aromatic carbocycles. The topological polar surface area (TPSA) is 78.6 Å². The van der Waals surface area contributed by atoms with E-state index < -0.39 is 0 Å². The minimum Gasteiger partial charge on any atom is -0.506 e. The van der Waals surface area contributed by atoms with Crippen molar-refractivity contribution < 1.29 is 9.90 Å². The van der Waals surface area contributed by atoms with Gasteiger partial charge in [0.1, 0.15) is 5.75 Å². The lowest BCUT2D eigenvalue weighted by Gasteiger charge is -2.10. The Kier molecular flexibility index (Phi) is 4.78. The first-order valence-corrected chi connectivity index (χ1v) is 5.52. The summed E-state index contributed by atoms with van der Waals surface area (Å²) in [5, 5.41) is 12.2. The second-order valence-electron chi connectivity index (χ2n) is 4.19. The Morgan fingerprint density at radius 2 is 2.18 bits per heavy atom. The molecule has 0 radical (unpaired) electrons. The molecule has 0 unspecified atom stereocenters. The van der Waals surface area contributed by atoms with Crippen molar-refractivity contribution in [3.8, 4) is 5.75 Å². The van der Waals surface area contributed by atoms with Crippen LogP contribution in [0.25, 0.3) is 0 Å². The Hall–Kier alpha value is -1.75. The standard InChI is InChI=1S/C12H19N3O2/c1-15(2)7-3-6-14-12(17)9-4-5-10(13)11(16)8-9/h4-5,8,16H,3,6-7,13H2,1-2H3,(H,14,17). The number of rotatable bonds is 5. The van der Waals surface area contributed by atoms with Crippen molar-refractivity contribution in [3.63, 3.8) is 0 Å². The van der Waals surface area contributed by atoms with Gasteiger partial charge in [-0.15, -0.1) is 0 Å². The molecule has 1 amide bonds. The summed E-state index contributed by atoms with van der Waals surface area (Å²) in [6.45, 7) is 1.54. The molecule has 0 aromatic heterocycles. The molecule has 0 spiro atoms. The number of benzene rings is 1. The molecule has 0 aliphatic carbocycles. The zero-order valence-corrected chi connectivity index (χ0v) is 10.2. The summed E-state index contributed by atoms with van der Waals surface area (Å²) in [6.07, 6.45) is 0.889. The molecule has 17 heavy (non-hydrogen) atoms. The first-order valence-electron chi connectivity index (χ1n) is 5.52. The molecular formula is C12H19N3O2. The first-order chi connectivity index (χ1) is 8.00. The van der Waals surface area contributed by atoms with Crippen molar-refractivity contribution in [1.29, 1.82) is 0 Å². The summed E-state index contributed by atoms with van der Waals surface area (Å²) in [7, 11) is 3.97. The fraction of sp³-hybridized carbons (Fsp3) is 0.417. The number of anilines is 1. The number of phenols is 1. The van der Waals surface area contributed by atoms with Gasteiger partial charge in [0.2, 0.25) is 0 Å². The number of amides is 1. The monoisotopic (exact) mass is 237 g/mol. The van der Waals surface area contributed by atoms with Crippen molar-refractivity contribution in [2.24, 2.45) is 0 Å². The van der Waals surface area contributed by atoms with Crippen LogP contribution in [0.2, 0.25) is 0 Å². The maximum Gasteiger partial charge on any atom is 0.251 e. The van der Waals surface area contributed by atoms with Crippen LogP contribution >= 0.6 is 0 Å². The summed E-state index contributed by atoms with van der Waals surface area (Å²) in [6, 6.07) is 4.48. The Labute approximate surface area is 101 Å². The van der Waals surface area contributed by atoms with Gasteiger partial charge in [0.05, 0.1) is 5.69 Å². The number of hydrogen-bond donors (Lipinski definition) is 3. The number of nitrogens with zero attached hydrogens (tertiary/aromatic N) is 1. The number of phenolic OH excluding ortho intramolecular Hbond substituents is 1. The summed E-state index contributed by atoms with van der Waals surface area (Å²) in [4.78, 5) is 13.7. The minimum absolute atomic E-state index is 0.0639. The molecule has 0 atom stereocenters. The van der Waals surface area contributed by atoms with Crippen LogP contribution in [0.1, 0.15) is 16.8 Å². The summed E-state index contributed by atoms with van der Waals surface area (Å²) < 4.78 is 0. The third kappa shape index (κ3) is 4.32. The predicted molar refractivity (Wildman–Crippen MR) is 68.0 cm³/mol. The predicted octanol–water partition coefficient (Wildman–Crippen LogP) is 0.656. The SMILES string of the molecule is CN(C)CCCNC(=O)c1ccc(N)c(O)c1. The van der Waals surface area contributed by atoms with Crippen LogP contribution in [0.15, 0.2) is 18.2 Å². The van der Waals surface area contributed by atoms with E-state index in [4.69, 9.17) is 5.73 Å². The van der Waals surface area contributed by atoms with Gasteiger partial charge in [-0.3, -0.25) is 4.79 Å². The average molecular weight is 237 g/mol. The van der Waals surface area contributed by atoms with Gasteiger partial charge in [0.25, 0.3) is 5.91 Å². The third-order valence-corrected chi connectivity index (χ3v) is 2.36. The molecule has 5 heteroatoms. The molecule has 1 rings (SSSR count). The second-order valence-corrected chi connectivity index (χ2v) is 4.19. The molecule has 5 nitrogen and oxygen atoms in total. The van der Waals surface area contributed by atoms with E-state index in [2.05, 4.69) is 10.2 Å². The highest BCUT2D eigenvalue weighted by Gasteiger charge is 2.07. The Bertz CT molecular complexity index is 391. The van der Waals surface area contributed by atoms with Gasteiger partial charge in [0, 0.05) is 12.1 Å². The average Bonchev–Trinajstić information content (AvgIpc) is 2.27. The molecular weight excluding hydrogens is 218 g/mol. The maximum atomic E-state index is 11.7. The zero-order valence-electron chi connectivity index (χ0n) is 10.2. The number of carbonyl (C=O) groups excluding carboxylic acids is 1. The molecule has 0 heterocycles. The fourth-order valence-electron chi connectivity index (χ4n) is 1.38. The smallest absolute Gasteiger partial charge is 0.251 e. The molecule has 0 aliphatic heterocycles. The van der Waals surface area contributed by atoms with E-state index in [0.29, 0.717) is 12.1 Å². The Balaban J connectivity index is 2.44. The molecule has 94 valence electrons. The van der Waals surface area contributed by atoms with E-state index >= 15 is 0 Å². The van der Waals surface area contributed by atoms with Crippen LogP contribution in [0.4, 0.5) is 5.69 Å². The van der Waals surface area contributed by atoms with Crippen molar-refractivity contribution in [2.45, 2.75) is 6.42 Å². The Morgan fingerprint density at radius 1 is 1.47 bits per heavy atom. The molecule has 0 saturated carbocycles. The maximum absolute atomic E-state index is 11.7. The van der Waals surface area contributed by atoms with Crippen molar-refractivity contribution in [1.82, 2.24) is 10.2 Å². The summed E-state index contributed by atoms with van der Waals surface area (Å²) >= 11 is 0. The lowest BCUT2D eigenvalue weighted by Crippen LogP contribution is -2.27. The quantitative estimate of drug-likeness (QED) is 0.399. The van der Waals surface area contributed by atoms with Crippen molar-refractivity contribution in [2.75, 3.05) is 32.9 Å². The third-order valence-electron chi connectivity index (χ3n) is 2.36. The van der Waals surface area contributed by atoms with Crippen LogP contribution in [0.5, 0.6) is 5.75 Å². The number of carbonyl (C=O) groups is 1. The van der Waals surface area contributed by atoms with Crippen LogP contribution in [0, 0.1) is 0 Å². The van der Waals surface area contributed by atoms with Crippen LogP contribution < -0.4 is 11.1 Å². The van der Waals surface area contributed by atoms with Crippen molar-refractivity contribution in [3.05, 3.63) is 23.8 Å². The molecule has 1 aromatic rings. The first kappa shape index (κ1) is 13.3. The van der Waals surface area contributed by atoms with Gasteiger partial charge in [-0.2, -0.15) is 0 Å². The van der Waals surface area contributed by atoms with Crippen molar-refractivity contribution >= 4 is 11.6 Å². The molecule has 0 bridgehead atoms. The van der Waals surface area contributed by atoms with Gasteiger partial charge in [-0.25, -0.2) is 0 Å². The zero-order chi connectivity index (χ0) is 12.8. The van der Waals surface area contributed by atoms with Gasteiger partial charge >= 0.3 is 0 Å². The molecule has 4 N–H and O–H groups in total. The Morgan fingerprint density at radius 3 is 2.76 bits per heavy atom. The van der Waals surface area contributed by atoms with E-state index in [-0.39, 0.29) is 17.3 Å². The lowest BCUT2D eigenvalue weighted by atomic mass is 10.2. The normalized spacial score (nSPS) is 10.5. The van der Waals surface area contributed by atoms with E-state index in [9.17, 15) is 9.90 Å². The van der Waals surface area contributed by atoms with Gasteiger partial charge in [-0.05, 0) is 45.3 Å². The summed E-state index contributed by atoms with van der Waals surface area (Å²) in [5.74, 6) is -0.259. The fourth-order valence-corrected chi connectivity index (χ4v) is 1.38. The van der Waals surface area contributed by atoms with Gasteiger partial charge in [-0.1, -0.05) is 0 Å². The van der Waals surface area contributed by atoms with Crippen LogP contribution in [-0.4, -0.2) is 43.1 Å².